The summed E-state index contributed by atoms with van der Waals surface area (Å²) in [6, 6.07) is 53.3. The van der Waals surface area contributed by atoms with E-state index in [2.05, 4.69) is 150 Å². The molecule has 0 saturated carbocycles. The van der Waals surface area contributed by atoms with Gasteiger partial charge in [-0.25, -0.2) is 0 Å². The van der Waals surface area contributed by atoms with Gasteiger partial charge >= 0.3 is 0 Å². The van der Waals surface area contributed by atoms with Gasteiger partial charge < -0.3 is 4.57 Å². The predicted octanol–water partition coefficient (Wildman–Crippen LogP) is 10.7. The molecule has 1 atom stereocenters. The van der Waals surface area contributed by atoms with Gasteiger partial charge in [-0.3, -0.25) is 0 Å². The maximum absolute atomic E-state index is 2.45. The van der Waals surface area contributed by atoms with Crippen molar-refractivity contribution >= 4 is 50.3 Å². The zero-order valence-corrected chi connectivity index (χ0v) is 21.6. The molecule has 2 heteroatoms. The van der Waals surface area contributed by atoms with Gasteiger partial charge in [0, 0.05) is 32.3 Å². The van der Waals surface area contributed by atoms with E-state index in [-0.39, 0.29) is 0 Å². The number of fused-ring (bicyclic) bond motifs is 6. The monoisotopic (exact) mass is 501 g/mol. The quantitative estimate of drug-likeness (QED) is 0.227. The molecule has 0 amide bonds. The number of hydrogen-bond donors (Lipinski definition) is 0. The van der Waals surface area contributed by atoms with E-state index in [4.69, 9.17) is 0 Å². The molecule has 2 aromatic heterocycles. The Morgan fingerprint density at radius 2 is 1.03 bits per heavy atom. The lowest BCUT2D eigenvalue weighted by Crippen LogP contribution is -1.95. The van der Waals surface area contributed by atoms with Gasteiger partial charge in [-0.15, -0.1) is 0 Å². The van der Waals surface area contributed by atoms with E-state index in [1.807, 2.05) is 0 Å². The third-order valence-corrected chi connectivity index (χ3v) is 10.3. The van der Waals surface area contributed by atoms with Crippen molar-refractivity contribution in [1.82, 2.24) is 4.57 Å². The van der Waals surface area contributed by atoms with Crippen LogP contribution in [0.3, 0.4) is 0 Å². The highest BCUT2D eigenvalue weighted by Gasteiger charge is 2.21. The Hall–Kier alpha value is -4.58. The highest BCUT2D eigenvalue weighted by molar-refractivity contribution is 7.68. The SMILES string of the molecule is c1ccc(-n2c3ccccc3c3cccc(-c4cccc5c6ccccc6p(-c6ccccc6)c45)c32)cc1. The highest BCUT2D eigenvalue weighted by atomic mass is 31.1. The fourth-order valence-corrected chi connectivity index (χ4v) is 8.95. The van der Waals surface area contributed by atoms with Crippen molar-refractivity contribution < 1.29 is 0 Å². The van der Waals surface area contributed by atoms with Gasteiger partial charge in [-0.2, -0.15) is 0 Å². The summed E-state index contributed by atoms with van der Waals surface area (Å²) < 4.78 is 2.45. The Kier molecular flexibility index (Phi) is 4.80. The molecule has 8 aromatic rings. The van der Waals surface area contributed by atoms with Crippen LogP contribution >= 0.6 is 7.53 Å². The number of aromatic nitrogens is 1. The van der Waals surface area contributed by atoms with E-state index in [9.17, 15) is 0 Å². The minimum Gasteiger partial charge on any atom is -0.309 e. The maximum Gasteiger partial charge on any atom is 0.0619 e. The van der Waals surface area contributed by atoms with Crippen molar-refractivity contribution in [3.63, 3.8) is 0 Å². The molecule has 0 bridgehead atoms. The second-order valence-corrected chi connectivity index (χ2v) is 11.9. The number of nitrogens with zero attached hydrogens (tertiary/aromatic N) is 1. The number of rotatable bonds is 3. The Morgan fingerprint density at radius 1 is 0.421 bits per heavy atom. The number of para-hydroxylation sites is 3. The Balaban J connectivity index is 1.57. The zero-order valence-electron chi connectivity index (χ0n) is 20.8. The molecular weight excluding hydrogens is 477 g/mol. The summed E-state index contributed by atoms with van der Waals surface area (Å²) in [6.07, 6.45) is 0. The lowest BCUT2D eigenvalue weighted by Gasteiger charge is -2.14. The van der Waals surface area contributed by atoms with Gasteiger partial charge in [0.1, 0.15) is 0 Å². The molecule has 0 N–H and O–H groups in total. The standard InChI is InChI=1S/C36H24NP/c1-3-13-25(14-4-1)37-33-23-9-7-17-27(33)29-19-11-20-30(35(29)37)32-22-12-21-31-28-18-8-10-24-34(28)38(36(31)32)26-15-5-2-6-16-26/h1-24H. The maximum atomic E-state index is 2.45. The van der Waals surface area contributed by atoms with Crippen LogP contribution < -0.4 is 0 Å². The number of benzene rings is 6. The minimum absolute atomic E-state index is 0.669. The molecular formula is C36H24NP. The van der Waals surface area contributed by atoms with Crippen LogP contribution in [0.25, 0.3) is 64.9 Å². The molecule has 38 heavy (non-hydrogen) atoms. The number of hydrogen-bond acceptors (Lipinski definition) is 0. The summed E-state index contributed by atoms with van der Waals surface area (Å²) in [4.78, 5) is 0. The van der Waals surface area contributed by atoms with Crippen molar-refractivity contribution in [3.8, 4) is 22.1 Å². The summed E-state index contributed by atoms with van der Waals surface area (Å²) in [7, 11) is -0.669. The summed E-state index contributed by atoms with van der Waals surface area (Å²) in [5.41, 5.74) is 6.32. The molecule has 8 rings (SSSR count). The predicted molar refractivity (Wildman–Crippen MR) is 165 cm³/mol. The van der Waals surface area contributed by atoms with E-state index in [1.54, 1.807) is 0 Å². The van der Waals surface area contributed by atoms with Gasteiger partial charge in [0.05, 0.1) is 11.0 Å². The van der Waals surface area contributed by atoms with Crippen molar-refractivity contribution in [2.24, 2.45) is 0 Å². The summed E-state index contributed by atoms with van der Waals surface area (Å²) >= 11 is 0. The molecule has 1 nitrogen and oxygen atoms in total. The largest absolute Gasteiger partial charge is 0.309 e. The Bertz CT molecular complexity index is 1960. The smallest absolute Gasteiger partial charge is 0.0619 e. The lowest BCUT2D eigenvalue weighted by atomic mass is 10.00. The van der Waals surface area contributed by atoms with Gasteiger partial charge in [-0.1, -0.05) is 135 Å². The van der Waals surface area contributed by atoms with Crippen LogP contribution in [0.2, 0.25) is 0 Å². The third-order valence-electron chi connectivity index (χ3n) is 7.71. The average molecular weight is 502 g/mol. The molecule has 6 aromatic carbocycles. The van der Waals surface area contributed by atoms with Crippen LogP contribution in [-0.4, -0.2) is 4.57 Å². The zero-order chi connectivity index (χ0) is 25.1. The molecule has 0 spiro atoms. The van der Waals surface area contributed by atoms with Crippen LogP contribution in [0.5, 0.6) is 0 Å². The highest BCUT2D eigenvalue weighted by Crippen LogP contribution is 2.58. The van der Waals surface area contributed by atoms with Crippen LogP contribution in [0.15, 0.2) is 146 Å². The molecule has 2 heterocycles. The summed E-state index contributed by atoms with van der Waals surface area (Å²) in [5.74, 6) is 0. The van der Waals surface area contributed by atoms with Crippen LogP contribution in [0.1, 0.15) is 0 Å². The van der Waals surface area contributed by atoms with Crippen LogP contribution in [0, 0.1) is 0 Å². The van der Waals surface area contributed by atoms with Crippen LogP contribution in [-0.2, 0) is 0 Å². The Morgan fingerprint density at radius 3 is 1.84 bits per heavy atom. The fourth-order valence-electron chi connectivity index (χ4n) is 6.16. The molecule has 0 fully saturated rings. The van der Waals surface area contributed by atoms with Gasteiger partial charge in [0.25, 0.3) is 0 Å². The van der Waals surface area contributed by atoms with E-state index in [0.29, 0.717) is 0 Å². The van der Waals surface area contributed by atoms with Gasteiger partial charge in [0.2, 0.25) is 0 Å². The fraction of sp³-hybridized carbons (Fsp3) is 0. The molecule has 1 unspecified atom stereocenters. The minimum atomic E-state index is -0.669. The molecule has 0 aliphatic heterocycles. The van der Waals surface area contributed by atoms with E-state index >= 15 is 0 Å². The Labute approximate surface area is 222 Å². The molecule has 0 saturated heterocycles. The normalized spacial score (nSPS) is 12.2. The first kappa shape index (κ1) is 21.5. The first-order chi connectivity index (χ1) is 18.9. The van der Waals surface area contributed by atoms with Crippen molar-refractivity contribution in [2.45, 2.75) is 0 Å². The van der Waals surface area contributed by atoms with Crippen molar-refractivity contribution in [3.05, 3.63) is 146 Å². The second-order valence-electron chi connectivity index (χ2n) is 9.78. The van der Waals surface area contributed by atoms with E-state index < -0.39 is 7.53 Å². The molecule has 0 radical (unpaired) electrons. The molecule has 178 valence electrons. The first-order valence-electron chi connectivity index (χ1n) is 13.1. The van der Waals surface area contributed by atoms with Crippen molar-refractivity contribution in [2.75, 3.05) is 0 Å². The average Bonchev–Trinajstić information content (AvgIpc) is 3.51. The summed E-state index contributed by atoms with van der Waals surface area (Å²) in [6.45, 7) is 0. The third kappa shape index (κ3) is 3.06. The van der Waals surface area contributed by atoms with Crippen LogP contribution in [0.4, 0.5) is 0 Å². The lowest BCUT2D eigenvalue weighted by molar-refractivity contribution is 1.18. The van der Waals surface area contributed by atoms with Gasteiger partial charge in [-0.05, 0) is 39.8 Å². The van der Waals surface area contributed by atoms with Gasteiger partial charge in [0.15, 0.2) is 0 Å². The first-order valence-corrected chi connectivity index (χ1v) is 14.4. The van der Waals surface area contributed by atoms with E-state index in [1.165, 1.54) is 64.9 Å². The second kappa shape index (κ2) is 8.48. The molecule has 0 aliphatic carbocycles. The summed E-state index contributed by atoms with van der Waals surface area (Å²) in [5, 5.41) is 9.63. The van der Waals surface area contributed by atoms with E-state index in [0.717, 1.165) is 0 Å². The topological polar surface area (TPSA) is 4.93 Å². The van der Waals surface area contributed by atoms with Crippen molar-refractivity contribution in [1.29, 1.82) is 0 Å². The molecule has 0 aliphatic rings.